The van der Waals surface area contributed by atoms with Crippen LogP contribution in [-0.2, 0) is 5.75 Å². The van der Waals surface area contributed by atoms with E-state index in [-0.39, 0.29) is 5.91 Å². The van der Waals surface area contributed by atoms with E-state index in [1.165, 1.54) is 32.1 Å². The number of hydrogen-bond acceptors (Lipinski definition) is 4. The maximum atomic E-state index is 12.8. The lowest BCUT2D eigenvalue weighted by Gasteiger charge is -2.20. The molecule has 1 aliphatic carbocycles. The third-order valence-electron chi connectivity index (χ3n) is 4.86. The van der Waals surface area contributed by atoms with Crippen LogP contribution in [0.3, 0.4) is 0 Å². The zero-order valence-corrected chi connectivity index (χ0v) is 15.4. The molecule has 0 spiro atoms. The SMILES string of the molecule is O=C(Nc1ccncc1)c1oc2ccccc2c1CSC1CCCCC1. The monoisotopic (exact) mass is 366 g/mol. The van der Waals surface area contributed by atoms with Gasteiger partial charge in [0.15, 0.2) is 5.76 Å². The molecule has 0 radical (unpaired) electrons. The lowest BCUT2D eigenvalue weighted by molar-refractivity contribution is 0.0998. The summed E-state index contributed by atoms with van der Waals surface area (Å²) in [6.45, 7) is 0. The zero-order chi connectivity index (χ0) is 17.8. The minimum Gasteiger partial charge on any atom is -0.451 e. The van der Waals surface area contributed by atoms with E-state index >= 15 is 0 Å². The van der Waals surface area contributed by atoms with Gasteiger partial charge in [0.25, 0.3) is 5.91 Å². The minimum atomic E-state index is -0.202. The van der Waals surface area contributed by atoms with E-state index in [9.17, 15) is 4.79 Å². The number of nitrogens with zero attached hydrogens (tertiary/aromatic N) is 1. The molecule has 1 aromatic carbocycles. The fraction of sp³-hybridized carbons (Fsp3) is 0.333. The molecule has 1 fully saturated rings. The number of aromatic nitrogens is 1. The molecule has 0 atom stereocenters. The Morgan fingerprint density at radius 1 is 1.12 bits per heavy atom. The van der Waals surface area contributed by atoms with Crippen LogP contribution in [-0.4, -0.2) is 16.1 Å². The summed E-state index contributed by atoms with van der Waals surface area (Å²) in [4.78, 5) is 16.8. The zero-order valence-electron chi connectivity index (χ0n) is 14.6. The molecule has 1 amide bonds. The second kappa shape index (κ2) is 7.96. The maximum Gasteiger partial charge on any atom is 0.291 e. The molecule has 0 aliphatic heterocycles. The van der Waals surface area contributed by atoms with Crippen LogP contribution in [0.1, 0.15) is 48.2 Å². The molecule has 2 heterocycles. The highest BCUT2D eigenvalue weighted by Gasteiger charge is 2.22. The Kier molecular flexibility index (Phi) is 5.25. The average molecular weight is 366 g/mol. The maximum absolute atomic E-state index is 12.8. The van der Waals surface area contributed by atoms with Crippen LogP contribution in [0.25, 0.3) is 11.0 Å². The number of carbonyl (C=O) groups excluding carboxylic acids is 1. The Bertz CT molecular complexity index is 885. The van der Waals surface area contributed by atoms with Crippen LogP contribution in [0.5, 0.6) is 0 Å². The van der Waals surface area contributed by atoms with Crippen molar-refractivity contribution in [1.29, 1.82) is 0 Å². The van der Waals surface area contributed by atoms with Gasteiger partial charge in [0, 0.05) is 40.0 Å². The van der Waals surface area contributed by atoms with E-state index in [0.29, 0.717) is 11.0 Å². The third-order valence-corrected chi connectivity index (χ3v) is 6.26. The molecule has 5 heteroatoms. The Labute approximate surface area is 157 Å². The molecule has 26 heavy (non-hydrogen) atoms. The molecule has 1 aliphatic rings. The summed E-state index contributed by atoms with van der Waals surface area (Å²) in [6, 6.07) is 11.5. The first-order chi connectivity index (χ1) is 12.8. The summed E-state index contributed by atoms with van der Waals surface area (Å²) in [7, 11) is 0. The van der Waals surface area contributed by atoms with Gasteiger partial charge in [-0.2, -0.15) is 11.8 Å². The number of hydrogen-bond donors (Lipinski definition) is 1. The highest BCUT2D eigenvalue weighted by Crippen LogP contribution is 2.35. The van der Waals surface area contributed by atoms with Crippen molar-refractivity contribution < 1.29 is 9.21 Å². The summed E-state index contributed by atoms with van der Waals surface area (Å²) in [6.07, 6.45) is 9.86. The first-order valence-corrected chi connectivity index (χ1v) is 10.2. The first kappa shape index (κ1) is 17.2. The Morgan fingerprint density at radius 3 is 2.69 bits per heavy atom. The molecular formula is C21H22N2O2S. The number of benzene rings is 1. The molecule has 3 aromatic rings. The van der Waals surface area contributed by atoms with Crippen LogP contribution in [0.15, 0.2) is 53.2 Å². The van der Waals surface area contributed by atoms with E-state index < -0.39 is 0 Å². The van der Waals surface area contributed by atoms with Gasteiger partial charge < -0.3 is 9.73 Å². The smallest absolute Gasteiger partial charge is 0.291 e. The molecule has 134 valence electrons. The van der Waals surface area contributed by atoms with Crippen LogP contribution in [0.4, 0.5) is 5.69 Å². The lowest BCUT2D eigenvalue weighted by Crippen LogP contribution is -2.13. The van der Waals surface area contributed by atoms with Crippen molar-refractivity contribution in [3.8, 4) is 0 Å². The van der Waals surface area contributed by atoms with Crippen LogP contribution < -0.4 is 5.32 Å². The predicted molar refractivity (Wildman–Crippen MR) is 107 cm³/mol. The molecule has 4 rings (SSSR count). The van der Waals surface area contributed by atoms with Gasteiger partial charge in [0.05, 0.1) is 0 Å². The number of thioether (sulfide) groups is 1. The van der Waals surface area contributed by atoms with Crippen LogP contribution >= 0.6 is 11.8 Å². The molecule has 0 saturated heterocycles. The van der Waals surface area contributed by atoms with Crippen molar-refractivity contribution in [3.63, 3.8) is 0 Å². The molecule has 2 aromatic heterocycles. The number of fused-ring (bicyclic) bond motifs is 1. The van der Waals surface area contributed by atoms with Gasteiger partial charge in [-0.15, -0.1) is 0 Å². The number of pyridine rings is 1. The van der Waals surface area contributed by atoms with Gasteiger partial charge >= 0.3 is 0 Å². The Morgan fingerprint density at radius 2 is 1.88 bits per heavy atom. The lowest BCUT2D eigenvalue weighted by atomic mass is 10.0. The number of nitrogens with one attached hydrogen (secondary N) is 1. The van der Waals surface area contributed by atoms with Crippen molar-refractivity contribution in [2.75, 3.05) is 5.32 Å². The second-order valence-electron chi connectivity index (χ2n) is 6.67. The van der Waals surface area contributed by atoms with E-state index in [2.05, 4.69) is 10.3 Å². The first-order valence-electron chi connectivity index (χ1n) is 9.14. The van der Waals surface area contributed by atoms with Gasteiger partial charge in [-0.25, -0.2) is 0 Å². The molecule has 1 saturated carbocycles. The largest absolute Gasteiger partial charge is 0.451 e. The molecular weight excluding hydrogens is 344 g/mol. The minimum absolute atomic E-state index is 0.202. The Balaban J connectivity index is 1.59. The summed E-state index contributed by atoms with van der Waals surface area (Å²) in [5, 5.41) is 4.64. The van der Waals surface area contributed by atoms with Crippen molar-refractivity contribution in [2.45, 2.75) is 43.1 Å². The van der Waals surface area contributed by atoms with E-state index in [0.717, 1.165) is 28.0 Å². The number of amides is 1. The molecule has 1 N–H and O–H groups in total. The van der Waals surface area contributed by atoms with Gasteiger partial charge in [-0.3, -0.25) is 9.78 Å². The normalized spacial score (nSPS) is 15.2. The van der Waals surface area contributed by atoms with E-state index in [4.69, 9.17) is 4.42 Å². The number of furan rings is 1. The quantitative estimate of drug-likeness (QED) is 0.634. The van der Waals surface area contributed by atoms with Crippen LogP contribution in [0, 0.1) is 0 Å². The number of anilines is 1. The molecule has 0 unspecified atom stereocenters. The summed E-state index contributed by atoms with van der Waals surface area (Å²) >= 11 is 1.96. The predicted octanol–water partition coefficient (Wildman–Crippen LogP) is 5.65. The van der Waals surface area contributed by atoms with Crippen molar-refractivity contribution in [3.05, 3.63) is 60.1 Å². The molecule has 0 bridgehead atoms. The standard InChI is InChI=1S/C21H22N2O2S/c24-21(23-15-10-12-22-13-11-15)20-18(14-26-16-6-2-1-3-7-16)17-8-4-5-9-19(17)25-20/h4-5,8-13,16H,1-3,6-7,14H2,(H,22,23,24). The Hall–Kier alpha value is -2.27. The van der Waals surface area contributed by atoms with Gasteiger partial charge in [0.2, 0.25) is 0 Å². The topological polar surface area (TPSA) is 55.1 Å². The fourth-order valence-corrected chi connectivity index (χ4v) is 4.84. The van der Waals surface area contributed by atoms with Crippen molar-refractivity contribution >= 4 is 34.3 Å². The van der Waals surface area contributed by atoms with E-state index in [1.807, 2.05) is 36.0 Å². The number of rotatable bonds is 5. The van der Waals surface area contributed by atoms with Gasteiger partial charge in [0.1, 0.15) is 5.58 Å². The third kappa shape index (κ3) is 3.78. The number of para-hydroxylation sites is 1. The fourth-order valence-electron chi connectivity index (χ4n) is 3.48. The molecule has 4 nitrogen and oxygen atoms in total. The number of carbonyl (C=O) groups is 1. The highest BCUT2D eigenvalue weighted by molar-refractivity contribution is 7.99. The average Bonchev–Trinajstić information content (AvgIpc) is 3.07. The van der Waals surface area contributed by atoms with Crippen molar-refractivity contribution in [1.82, 2.24) is 4.98 Å². The second-order valence-corrected chi connectivity index (χ2v) is 7.96. The van der Waals surface area contributed by atoms with Crippen molar-refractivity contribution in [2.24, 2.45) is 0 Å². The summed E-state index contributed by atoms with van der Waals surface area (Å²) < 4.78 is 5.93. The van der Waals surface area contributed by atoms with E-state index in [1.54, 1.807) is 24.5 Å². The van der Waals surface area contributed by atoms with Gasteiger partial charge in [-0.05, 0) is 31.0 Å². The van der Waals surface area contributed by atoms with Gasteiger partial charge in [-0.1, -0.05) is 37.5 Å². The summed E-state index contributed by atoms with van der Waals surface area (Å²) in [5.74, 6) is 1.03. The van der Waals surface area contributed by atoms with Crippen LogP contribution in [0.2, 0.25) is 0 Å². The summed E-state index contributed by atoms with van der Waals surface area (Å²) in [5.41, 5.74) is 2.49. The highest BCUT2D eigenvalue weighted by atomic mass is 32.2.